The molecule has 23 nitrogen and oxygen atoms in total. The number of aliphatic hydroxyl groups excluding tert-OH is 6. The van der Waals surface area contributed by atoms with Crippen LogP contribution < -0.4 is 25.1 Å². The van der Waals surface area contributed by atoms with Crippen molar-refractivity contribution in [2.75, 3.05) is 0 Å². The van der Waals surface area contributed by atoms with Crippen LogP contribution in [0.3, 0.4) is 0 Å². The average molecular weight is 911 g/mol. The topological polar surface area (TPSA) is 390 Å². The fourth-order valence-electron chi connectivity index (χ4n) is 7.29. The molecule has 2 aliphatic heterocycles. The zero-order valence-corrected chi connectivity index (χ0v) is 33.3. The third kappa shape index (κ3) is 7.70. The number of aromatic hydroxyl groups is 8. The quantitative estimate of drug-likeness (QED) is 0.0950. The van der Waals surface area contributed by atoms with Gasteiger partial charge in [0.25, 0.3) is 0 Å². The molecule has 2 saturated heterocycles. The molecule has 2 fully saturated rings. The molecule has 344 valence electrons. The van der Waals surface area contributed by atoms with E-state index in [4.69, 9.17) is 32.5 Å². The lowest BCUT2D eigenvalue weighted by Crippen LogP contribution is -2.58. The van der Waals surface area contributed by atoms with Crippen LogP contribution in [0, 0.1) is 0 Å². The molecular weight excluding hydrogens is 872 g/mol. The largest absolute Gasteiger partial charge is 0.507 e. The van der Waals surface area contributed by atoms with Crippen LogP contribution in [-0.2, 0) is 9.47 Å². The third-order valence-electron chi connectivity index (χ3n) is 10.8. The van der Waals surface area contributed by atoms with Crippen LogP contribution >= 0.6 is 0 Å². The number of rotatable bonds is 8. The first-order chi connectivity index (χ1) is 30.6. The molecule has 2 aliphatic rings. The highest BCUT2D eigenvalue weighted by Gasteiger charge is 2.45. The van der Waals surface area contributed by atoms with Gasteiger partial charge in [0.1, 0.15) is 81.6 Å². The lowest BCUT2D eigenvalue weighted by atomic mass is 10.00. The van der Waals surface area contributed by atoms with Gasteiger partial charge in [-0.3, -0.25) is 9.59 Å². The summed E-state index contributed by atoms with van der Waals surface area (Å²) in [6.07, 6.45) is -16.6. The zero-order chi connectivity index (χ0) is 47.1. The molecule has 14 N–H and O–H groups in total. The minimum absolute atomic E-state index is 0.312. The molecule has 0 aliphatic carbocycles. The lowest BCUT2D eigenvalue weighted by molar-refractivity contribution is -0.268. The van der Waals surface area contributed by atoms with E-state index in [2.05, 4.69) is 0 Å². The van der Waals surface area contributed by atoms with Crippen molar-refractivity contribution < 1.29 is 104 Å². The van der Waals surface area contributed by atoms with E-state index in [-0.39, 0.29) is 22.6 Å². The number of fused-ring (bicyclic) bond motifs is 2. The first-order valence-corrected chi connectivity index (χ1v) is 19.2. The number of phenolic OH excluding ortho intramolecular Hbond substituents is 8. The maximum Gasteiger partial charge on any atom is 0.239 e. The summed E-state index contributed by atoms with van der Waals surface area (Å²) >= 11 is 0. The van der Waals surface area contributed by atoms with Gasteiger partial charge >= 0.3 is 0 Å². The third-order valence-corrected chi connectivity index (χ3v) is 10.8. The van der Waals surface area contributed by atoms with Gasteiger partial charge in [-0.15, -0.1) is 0 Å². The highest BCUT2D eigenvalue weighted by Crippen LogP contribution is 2.46. The summed E-state index contributed by atoms with van der Waals surface area (Å²) in [7, 11) is 0. The maximum absolute atomic E-state index is 14.1. The molecule has 2 aromatic heterocycles. The van der Waals surface area contributed by atoms with Crippen molar-refractivity contribution in [3.8, 4) is 91.6 Å². The van der Waals surface area contributed by atoms with Crippen molar-refractivity contribution in [3.05, 3.63) is 69.0 Å². The highest BCUT2D eigenvalue weighted by atomic mass is 16.7. The summed E-state index contributed by atoms with van der Waals surface area (Å²) in [5.74, 6) is -10.5. The Hall–Kier alpha value is -7.22. The minimum Gasteiger partial charge on any atom is -0.507 e. The van der Waals surface area contributed by atoms with Crippen molar-refractivity contribution in [1.29, 1.82) is 0 Å². The standard InChI is InChI=1S/C42H38O23/c1-11-27(49)33(55)35(57)41(59-11)64-39-31(53)25-17(43)7-15(9-23(25)62-37(39)13-3-19(45)29(51)20(46)4-13)61-16-8-18(44)26-24(10-16)63-38(14-5-21(47)30(52)22(48)6-14)40(32(26)54)65-42-36(58)34(56)28(50)12(2)60-42/h3-12,27-28,33-36,41-52,55-58H,1-2H3/t11-,12-,27-,28-,33+,34+,35+,36+,41-,42-/m0/s1. The number of hydrogen-bond donors (Lipinski definition) is 14. The van der Waals surface area contributed by atoms with Crippen molar-refractivity contribution in [3.63, 3.8) is 0 Å². The summed E-state index contributed by atoms with van der Waals surface area (Å²) in [6, 6.07) is 7.40. The Morgan fingerprint density at radius 3 is 1.12 bits per heavy atom. The Morgan fingerprint density at radius 2 is 0.785 bits per heavy atom. The van der Waals surface area contributed by atoms with E-state index in [1.807, 2.05) is 0 Å². The van der Waals surface area contributed by atoms with Crippen LogP contribution in [0.4, 0.5) is 0 Å². The van der Waals surface area contributed by atoms with Crippen LogP contribution in [0.1, 0.15) is 13.8 Å². The Kier molecular flexibility index (Phi) is 11.2. The van der Waals surface area contributed by atoms with E-state index in [1.165, 1.54) is 13.8 Å². The minimum atomic E-state index is -1.94. The predicted octanol–water partition coefficient (Wildman–Crippen LogP) is 1.08. The van der Waals surface area contributed by atoms with E-state index in [0.29, 0.717) is 0 Å². The van der Waals surface area contributed by atoms with E-state index in [0.717, 1.165) is 48.5 Å². The summed E-state index contributed by atoms with van der Waals surface area (Å²) in [5, 5.41) is 145. The molecule has 23 heteroatoms. The molecule has 0 saturated carbocycles. The monoisotopic (exact) mass is 910 g/mol. The molecule has 0 spiro atoms. The number of ether oxygens (including phenoxy) is 5. The van der Waals surface area contributed by atoms with Gasteiger partial charge in [-0.1, -0.05) is 0 Å². The Bertz CT molecular complexity index is 2730. The van der Waals surface area contributed by atoms with Gasteiger partial charge in [-0.05, 0) is 38.1 Å². The first-order valence-electron chi connectivity index (χ1n) is 19.2. The summed E-state index contributed by atoms with van der Waals surface area (Å²) < 4.78 is 40.2. The molecule has 6 aromatic rings. The smallest absolute Gasteiger partial charge is 0.239 e. The van der Waals surface area contributed by atoms with Gasteiger partial charge in [0.2, 0.25) is 34.9 Å². The van der Waals surface area contributed by atoms with Crippen LogP contribution in [0.5, 0.6) is 69.0 Å². The maximum atomic E-state index is 14.1. The SMILES string of the molecule is C[C@@H]1O[C@@H](Oc2c(-c3cc(O)c(O)c(O)c3)oc3cc(Oc4cc(O)c5c(=O)c(O[C@@H]6O[C@@H](C)[C@H](O)[C@@H](O)[C@H]6O)c(-c6cc(O)c(O)c(O)c6)oc5c4)cc(O)c3c2=O)[C@H](O)[C@H](O)[C@H]1O. The van der Waals surface area contributed by atoms with Crippen LogP contribution in [0.15, 0.2) is 67.0 Å². The van der Waals surface area contributed by atoms with Crippen molar-refractivity contribution >= 4 is 21.9 Å². The Balaban J connectivity index is 1.24. The van der Waals surface area contributed by atoms with Gasteiger partial charge < -0.3 is 104 Å². The fourth-order valence-corrected chi connectivity index (χ4v) is 7.29. The number of phenols is 8. The van der Waals surface area contributed by atoms with Gasteiger partial charge in [0.05, 0.1) is 12.2 Å². The van der Waals surface area contributed by atoms with E-state index in [9.17, 15) is 81.1 Å². The second-order valence-electron chi connectivity index (χ2n) is 15.2. The Morgan fingerprint density at radius 1 is 0.446 bits per heavy atom. The van der Waals surface area contributed by atoms with E-state index >= 15 is 0 Å². The second kappa shape index (κ2) is 16.4. The van der Waals surface area contributed by atoms with Gasteiger partial charge in [-0.25, -0.2) is 0 Å². The van der Waals surface area contributed by atoms with E-state index in [1.54, 1.807) is 0 Å². The van der Waals surface area contributed by atoms with E-state index < -0.39 is 163 Å². The van der Waals surface area contributed by atoms with Crippen LogP contribution in [0.2, 0.25) is 0 Å². The average Bonchev–Trinajstić information content (AvgIpc) is 3.24. The molecule has 0 amide bonds. The molecule has 0 unspecified atom stereocenters. The normalized spacial score (nSPS) is 25.7. The van der Waals surface area contributed by atoms with Crippen molar-refractivity contribution in [2.24, 2.45) is 0 Å². The van der Waals surface area contributed by atoms with Crippen LogP contribution in [0.25, 0.3) is 44.6 Å². The summed E-state index contributed by atoms with van der Waals surface area (Å²) in [6.45, 7) is 2.67. The molecular formula is C42H38O23. The van der Waals surface area contributed by atoms with Crippen LogP contribution in [-0.4, -0.2) is 133 Å². The molecule has 0 radical (unpaired) electrons. The Labute approximate surface area is 361 Å². The molecule has 8 rings (SSSR count). The van der Waals surface area contributed by atoms with Gasteiger partial charge in [0.15, 0.2) is 46.0 Å². The zero-order valence-electron chi connectivity index (χ0n) is 33.3. The number of hydrogen-bond acceptors (Lipinski definition) is 23. The number of aliphatic hydroxyl groups is 6. The van der Waals surface area contributed by atoms with Gasteiger partial charge in [0, 0.05) is 35.4 Å². The number of benzene rings is 4. The molecule has 65 heavy (non-hydrogen) atoms. The lowest BCUT2D eigenvalue weighted by Gasteiger charge is -2.38. The highest BCUT2D eigenvalue weighted by molar-refractivity contribution is 5.90. The van der Waals surface area contributed by atoms with Crippen molar-refractivity contribution in [2.45, 2.75) is 75.3 Å². The second-order valence-corrected chi connectivity index (χ2v) is 15.2. The molecule has 10 atom stereocenters. The summed E-state index contributed by atoms with van der Waals surface area (Å²) in [4.78, 5) is 28.2. The summed E-state index contributed by atoms with van der Waals surface area (Å²) in [5.41, 5.74) is -3.83. The molecule has 0 bridgehead atoms. The van der Waals surface area contributed by atoms with Crippen molar-refractivity contribution in [1.82, 2.24) is 0 Å². The predicted molar refractivity (Wildman–Crippen MR) is 215 cm³/mol. The van der Waals surface area contributed by atoms with Gasteiger partial charge in [-0.2, -0.15) is 0 Å². The molecule has 4 aromatic carbocycles. The fraction of sp³-hybridized carbons (Fsp3) is 0.286. The molecule has 4 heterocycles. The first kappa shape index (κ1) is 44.4.